The molecule has 22 heavy (non-hydrogen) atoms. The third-order valence-corrected chi connectivity index (χ3v) is 3.04. The molecule has 2 N–H and O–H groups in total. The van der Waals surface area contributed by atoms with Gasteiger partial charge in [-0.15, -0.1) is 0 Å². The number of hydrogen-bond acceptors (Lipinski definition) is 3. The van der Waals surface area contributed by atoms with Crippen molar-refractivity contribution in [3.8, 4) is 0 Å². The third kappa shape index (κ3) is 7.46. The van der Waals surface area contributed by atoms with Gasteiger partial charge in [0.05, 0.1) is 6.04 Å². The first-order chi connectivity index (χ1) is 9.96. The van der Waals surface area contributed by atoms with E-state index in [-0.39, 0.29) is 11.6 Å². The molecule has 0 bridgehead atoms. The van der Waals surface area contributed by atoms with E-state index in [1.165, 1.54) is 5.56 Å². The number of carbonyl (C=O) groups excluding carboxylic acids is 1. The number of nitrogens with one attached hydrogen (secondary N) is 2. The van der Waals surface area contributed by atoms with E-state index in [0.29, 0.717) is 0 Å². The summed E-state index contributed by atoms with van der Waals surface area (Å²) in [7, 11) is 0. The first kappa shape index (κ1) is 18.5. The van der Waals surface area contributed by atoms with Gasteiger partial charge >= 0.3 is 6.09 Å². The van der Waals surface area contributed by atoms with Gasteiger partial charge < -0.3 is 15.4 Å². The van der Waals surface area contributed by atoms with Gasteiger partial charge in [-0.05, 0) is 59.6 Å². The molecule has 124 valence electrons. The summed E-state index contributed by atoms with van der Waals surface area (Å²) in [6, 6.07) is 8.17. The standard InChI is InChI=1S/C18H30N2O2/c1-13(20-16(21)22-18(5,6)7)15-10-8-14(9-11-15)12-19-17(2,3)4/h8-11,13,19H,12H2,1-7H3,(H,20,21)/t13-/m0/s1. The lowest BCUT2D eigenvalue weighted by atomic mass is 10.0. The minimum Gasteiger partial charge on any atom is -0.444 e. The molecule has 1 atom stereocenters. The van der Waals surface area contributed by atoms with Gasteiger partial charge in [0.25, 0.3) is 0 Å². The van der Waals surface area contributed by atoms with Gasteiger partial charge in [0.2, 0.25) is 0 Å². The van der Waals surface area contributed by atoms with Crippen LogP contribution in [0.3, 0.4) is 0 Å². The molecule has 0 saturated heterocycles. The van der Waals surface area contributed by atoms with Crippen LogP contribution in [-0.4, -0.2) is 17.2 Å². The summed E-state index contributed by atoms with van der Waals surface area (Å²) in [6.45, 7) is 14.8. The Morgan fingerprint density at radius 3 is 2.09 bits per heavy atom. The van der Waals surface area contributed by atoms with Crippen molar-refractivity contribution in [2.45, 2.75) is 72.2 Å². The number of carbonyl (C=O) groups is 1. The number of benzene rings is 1. The van der Waals surface area contributed by atoms with Crippen LogP contribution < -0.4 is 10.6 Å². The average Bonchev–Trinajstić information content (AvgIpc) is 2.33. The minimum absolute atomic E-state index is 0.0838. The predicted octanol–water partition coefficient (Wildman–Crippen LogP) is 4.16. The van der Waals surface area contributed by atoms with Crippen LogP contribution in [0.2, 0.25) is 0 Å². The quantitative estimate of drug-likeness (QED) is 0.878. The van der Waals surface area contributed by atoms with E-state index in [1.54, 1.807) is 0 Å². The van der Waals surface area contributed by atoms with Crippen LogP contribution in [-0.2, 0) is 11.3 Å². The Morgan fingerprint density at radius 2 is 1.64 bits per heavy atom. The van der Waals surface area contributed by atoms with Crippen molar-refractivity contribution in [1.82, 2.24) is 10.6 Å². The first-order valence-corrected chi connectivity index (χ1v) is 7.80. The summed E-state index contributed by atoms with van der Waals surface area (Å²) in [5.74, 6) is 0. The highest BCUT2D eigenvalue weighted by Gasteiger charge is 2.18. The van der Waals surface area contributed by atoms with Gasteiger partial charge in [0.15, 0.2) is 0 Å². The normalized spacial score (nSPS) is 13.6. The smallest absolute Gasteiger partial charge is 0.408 e. The van der Waals surface area contributed by atoms with Crippen molar-refractivity contribution >= 4 is 6.09 Å². The number of alkyl carbamates (subject to hydrolysis) is 1. The van der Waals surface area contributed by atoms with Crippen LogP contribution in [0.15, 0.2) is 24.3 Å². The highest BCUT2D eigenvalue weighted by Crippen LogP contribution is 2.15. The molecule has 1 amide bonds. The lowest BCUT2D eigenvalue weighted by Crippen LogP contribution is -2.35. The molecule has 1 aromatic carbocycles. The van der Waals surface area contributed by atoms with Gasteiger partial charge in [-0.3, -0.25) is 0 Å². The van der Waals surface area contributed by atoms with Crippen molar-refractivity contribution in [3.05, 3.63) is 35.4 Å². The van der Waals surface area contributed by atoms with Gasteiger partial charge in [0, 0.05) is 12.1 Å². The van der Waals surface area contributed by atoms with Crippen LogP contribution in [0.1, 0.15) is 65.6 Å². The van der Waals surface area contributed by atoms with E-state index in [1.807, 2.05) is 39.8 Å². The van der Waals surface area contributed by atoms with Crippen molar-refractivity contribution in [2.24, 2.45) is 0 Å². The monoisotopic (exact) mass is 306 g/mol. The lowest BCUT2D eigenvalue weighted by molar-refractivity contribution is 0.0508. The summed E-state index contributed by atoms with van der Waals surface area (Å²) in [4.78, 5) is 11.8. The molecule has 4 heteroatoms. The Hall–Kier alpha value is -1.55. The molecule has 4 nitrogen and oxygen atoms in total. The van der Waals surface area contributed by atoms with E-state index >= 15 is 0 Å². The number of rotatable bonds is 4. The summed E-state index contributed by atoms with van der Waals surface area (Å²) >= 11 is 0. The van der Waals surface area contributed by atoms with Crippen molar-refractivity contribution < 1.29 is 9.53 Å². The minimum atomic E-state index is -0.480. The summed E-state index contributed by atoms with van der Waals surface area (Å²) < 4.78 is 5.27. The second-order valence-electron chi connectivity index (χ2n) is 7.71. The summed E-state index contributed by atoms with van der Waals surface area (Å²) in [5.41, 5.74) is 1.91. The van der Waals surface area contributed by atoms with Gasteiger partial charge in [0.1, 0.15) is 5.60 Å². The maximum absolute atomic E-state index is 11.8. The highest BCUT2D eigenvalue weighted by molar-refractivity contribution is 5.68. The molecule has 0 fully saturated rings. The van der Waals surface area contributed by atoms with E-state index < -0.39 is 11.7 Å². The molecule has 1 rings (SSSR count). The van der Waals surface area contributed by atoms with E-state index in [2.05, 4.69) is 43.5 Å². The fraction of sp³-hybridized carbons (Fsp3) is 0.611. The van der Waals surface area contributed by atoms with E-state index in [0.717, 1.165) is 12.1 Å². The largest absolute Gasteiger partial charge is 0.444 e. The maximum atomic E-state index is 11.8. The maximum Gasteiger partial charge on any atom is 0.408 e. The average molecular weight is 306 g/mol. The van der Waals surface area contributed by atoms with Gasteiger partial charge in [-0.25, -0.2) is 4.79 Å². The molecule has 0 unspecified atom stereocenters. The molecule has 0 spiro atoms. The van der Waals surface area contributed by atoms with Crippen LogP contribution in [0.5, 0.6) is 0 Å². The van der Waals surface area contributed by atoms with Crippen LogP contribution in [0, 0.1) is 0 Å². The zero-order valence-electron chi connectivity index (χ0n) is 14.9. The SMILES string of the molecule is C[C@H](NC(=O)OC(C)(C)C)c1ccc(CNC(C)(C)C)cc1. The number of ether oxygens (including phenoxy) is 1. The molecule has 0 aliphatic rings. The van der Waals surface area contributed by atoms with Crippen LogP contribution in [0.25, 0.3) is 0 Å². The Morgan fingerprint density at radius 1 is 1.09 bits per heavy atom. The van der Waals surface area contributed by atoms with E-state index in [9.17, 15) is 4.79 Å². The second kappa shape index (κ2) is 7.14. The number of amides is 1. The molecule has 0 saturated carbocycles. The van der Waals surface area contributed by atoms with Crippen LogP contribution >= 0.6 is 0 Å². The fourth-order valence-electron chi connectivity index (χ4n) is 1.86. The Kier molecular flexibility index (Phi) is 6.00. The highest BCUT2D eigenvalue weighted by atomic mass is 16.6. The zero-order valence-corrected chi connectivity index (χ0v) is 14.9. The van der Waals surface area contributed by atoms with E-state index in [4.69, 9.17) is 4.74 Å². The first-order valence-electron chi connectivity index (χ1n) is 7.80. The van der Waals surface area contributed by atoms with Crippen molar-refractivity contribution in [3.63, 3.8) is 0 Å². The van der Waals surface area contributed by atoms with Gasteiger partial charge in [-0.1, -0.05) is 24.3 Å². The summed E-state index contributed by atoms with van der Waals surface area (Å²) in [6.07, 6.45) is -0.390. The van der Waals surface area contributed by atoms with Gasteiger partial charge in [-0.2, -0.15) is 0 Å². The molecular weight excluding hydrogens is 276 g/mol. The molecule has 0 radical (unpaired) electrons. The molecule has 0 aromatic heterocycles. The second-order valence-corrected chi connectivity index (χ2v) is 7.71. The van der Waals surface area contributed by atoms with Crippen molar-refractivity contribution in [1.29, 1.82) is 0 Å². The topological polar surface area (TPSA) is 50.4 Å². The van der Waals surface area contributed by atoms with Crippen LogP contribution in [0.4, 0.5) is 4.79 Å². The summed E-state index contributed by atoms with van der Waals surface area (Å²) in [5, 5.41) is 6.31. The molecule has 1 aromatic rings. The molecule has 0 heterocycles. The predicted molar refractivity (Wildman–Crippen MR) is 90.8 cm³/mol. The molecular formula is C18H30N2O2. The van der Waals surface area contributed by atoms with Crippen molar-refractivity contribution in [2.75, 3.05) is 0 Å². The zero-order chi connectivity index (χ0) is 17.0. The molecule has 0 aliphatic carbocycles. The molecule has 0 aliphatic heterocycles. The number of hydrogen-bond donors (Lipinski definition) is 2. The lowest BCUT2D eigenvalue weighted by Gasteiger charge is -2.22. The Labute approximate surface area is 134 Å². The third-order valence-electron chi connectivity index (χ3n) is 3.04. The Bertz CT molecular complexity index is 481. The fourth-order valence-corrected chi connectivity index (χ4v) is 1.86. The Balaban J connectivity index is 2.57.